The Morgan fingerprint density at radius 1 is 1.10 bits per heavy atom. The highest BCUT2D eigenvalue weighted by molar-refractivity contribution is 6.01. The van der Waals surface area contributed by atoms with E-state index in [1.165, 1.54) is 12.1 Å². The Bertz CT molecular complexity index is 1250. The maximum atomic E-state index is 13.1. The van der Waals surface area contributed by atoms with Gasteiger partial charge in [0.25, 0.3) is 11.7 Å². The monoisotopic (exact) mass is 428 g/mol. The highest BCUT2D eigenvalue weighted by atomic mass is 19.4. The number of fused-ring (bicyclic) bond motifs is 3. The number of aliphatic hydroxyl groups excluding tert-OH is 1. The van der Waals surface area contributed by atoms with E-state index in [1.54, 1.807) is 6.20 Å². The topological polar surface area (TPSA) is 57.2 Å². The molecule has 2 N–H and O–H groups in total. The molecule has 31 heavy (non-hydrogen) atoms. The lowest BCUT2D eigenvalue weighted by atomic mass is 10.1. The van der Waals surface area contributed by atoms with Gasteiger partial charge in [0.1, 0.15) is 18.1 Å². The Morgan fingerprint density at radius 2 is 1.84 bits per heavy atom. The van der Waals surface area contributed by atoms with Gasteiger partial charge in [-0.05, 0) is 37.4 Å². The molecule has 2 atom stereocenters. The van der Waals surface area contributed by atoms with Gasteiger partial charge < -0.3 is 10.4 Å². The average Bonchev–Trinajstić information content (AvgIpc) is 3.15. The van der Waals surface area contributed by atoms with Crippen molar-refractivity contribution in [1.29, 1.82) is 0 Å². The molecular formula is C22H21F3N5O+. The quantitative estimate of drug-likeness (QED) is 0.482. The molecule has 1 fully saturated rings. The van der Waals surface area contributed by atoms with E-state index in [9.17, 15) is 18.3 Å². The zero-order valence-electron chi connectivity index (χ0n) is 16.7. The van der Waals surface area contributed by atoms with Gasteiger partial charge in [-0.25, -0.2) is 9.88 Å². The van der Waals surface area contributed by atoms with E-state index in [1.807, 2.05) is 51.8 Å². The van der Waals surface area contributed by atoms with Crippen LogP contribution >= 0.6 is 0 Å². The minimum absolute atomic E-state index is 0.281. The molecule has 160 valence electrons. The number of nitrogens with one attached hydrogen (secondary N) is 1. The van der Waals surface area contributed by atoms with Gasteiger partial charge in [0, 0.05) is 18.1 Å². The number of β-amino-alcohol motifs (C(OH)–C–C–N with tert-alkyl or cyclic N) is 1. The molecule has 1 aliphatic rings. The summed E-state index contributed by atoms with van der Waals surface area (Å²) in [5, 5.41) is 15.6. The summed E-state index contributed by atoms with van der Waals surface area (Å²) in [6.45, 7) is 0.993. The number of aromatic nitrogens is 3. The Kier molecular flexibility index (Phi) is 4.69. The van der Waals surface area contributed by atoms with Crippen LogP contribution in [0.2, 0.25) is 0 Å². The molecule has 4 aromatic rings. The molecule has 0 bridgehead atoms. The van der Waals surface area contributed by atoms with Crippen LogP contribution in [-0.2, 0) is 6.18 Å². The fourth-order valence-electron chi connectivity index (χ4n) is 4.17. The van der Waals surface area contributed by atoms with Crippen molar-refractivity contribution in [1.82, 2.24) is 19.9 Å². The number of likely N-dealkylation sites (N-methyl/N-ethyl adjacent to an activating group) is 1. The van der Waals surface area contributed by atoms with E-state index in [0.29, 0.717) is 24.3 Å². The first-order chi connectivity index (χ1) is 14.8. The highest BCUT2D eigenvalue weighted by Gasteiger charge is 2.38. The molecule has 0 saturated carbocycles. The molecule has 2 aromatic heterocycles. The summed E-state index contributed by atoms with van der Waals surface area (Å²) >= 11 is 0. The van der Waals surface area contributed by atoms with Crippen molar-refractivity contribution in [2.75, 3.05) is 20.1 Å². The minimum Gasteiger partial charge on any atom is -0.377 e. The van der Waals surface area contributed by atoms with Gasteiger partial charge >= 0.3 is 6.18 Å². The first kappa shape index (κ1) is 19.9. The van der Waals surface area contributed by atoms with Gasteiger partial charge in [-0.3, -0.25) is 0 Å². The van der Waals surface area contributed by atoms with E-state index >= 15 is 0 Å². The van der Waals surface area contributed by atoms with E-state index in [4.69, 9.17) is 0 Å². The van der Waals surface area contributed by atoms with Crippen molar-refractivity contribution in [3.8, 4) is 5.69 Å². The number of halogens is 3. The number of hydrogen-bond acceptors (Lipinski definition) is 4. The highest BCUT2D eigenvalue weighted by Crippen LogP contribution is 2.30. The van der Waals surface area contributed by atoms with Crippen LogP contribution in [0.3, 0.4) is 0 Å². The molecule has 0 amide bonds. The van der Waals surface area contributed by atoms with Crippen molar-refractivity contribution in [2.24, 2.45) is 0 Å². The van der Waals surface area contributed by atoms with Crippen LogP contribution in [0.25, 0.3) is 27.5 Å². The number of benzene rings is 2. The number of aliphatic hydroxyl groups is 1. The summed E-state index contributed by atoms with van der Waals surface area (Å²) < 4.78 is 43.0. The van der Waals surface area contributed by atoms with Gasteiger partial charge in [-0.1, -0.05) is 22.9 Å². The van der Waals surface area contributed by atoms with Crippen molar-refractivity contribution >= 4 is 21.8 Å². The molecule has 0 radical (unpaired) electrons. The normalized spacial score (nSPS) is 20.5. The summed E-state index contributed by atoms with van der Waals surface area (Å²) in [6, 6.07) is 12.9. The third-order valence-corrected chi connectivity index (χ3v) is 5.84. The van der Waals surface area contributed by atoms with Crippen molar-refractivity contribution in [2.45, 2.75) is 18.6 Å². The first-order valence-corrected chi connectivity index (χ1v) is 9.93. The van der Waals surface area contributed by atoms with Crippen LogP contribution in [0.5, 0.6) is 0 Å². The summed E-state index contributed by atoms with van der Waals surface area (Å²) in [4.78, 5) is 6.43. The van der Waals surface area contributed by atoms with Crippen LogP contribution in [-0.4, -0.2) is 46.0 Å². The van der Waals surface area contributed by atoms with E-state index in [2.05, 4.69) is 10.3 Å². The SMILES string of the molecule is CN1C(O)CNCC1[n+]1c2c(cn1-c1ccc(C(F)(F)F)cc1)ncc1ccccc12. The average molecular weight is 428 g/mol. The Balaban J connectivity index is 1.77. The van der Waals surface area contributed by atoms with Crippen LogP contribution in [0.4, 0.5) is 13.2 Å². The van der Waals surface area contributed by atoms with Crippen LogP contribution in [0, 0.1) is 0 Å². The van der Waals surface area contributed by atoms with E-state index < -0.39 is 18.0 Å². The predicted molar refractivity (Wildman–Crippen MR) is 109 cm³/mol. The molecule has 1 saturated heterocycles. The van der Waals surface area contributed by atoms with E-state index in [-0.39, 0.29) is 6.17 Å². The zero-order valence-corrected chi connectivity index (χ0v) is 16.7. The molecule has 1 aliphatic heterocycles. The molecule has 2 aromatic carbocycles. The Labute approximate surface area is 176 Å². The number of alkyl halides is 3. The molecule has 0 aliphatic carbocycles. The van der Waals surface area contributed by atoms with Crippen molar-refractivity contribution in [3.05, 3.63) is 66.5 Å². The Morgan fingerprint density at radius 3 is 2.58 bits per heavy atom. The van der Waals surface area contributed by atoms with Gasteiger partial charge in [0.2, 0.25) is 0 Å². The van der Waals surface area contributed by atoms with Gasteiger partial charge in [0.15, 0.2) is 5.52 Å². The van der Waals surface area contributed by atoms with E-state index in [0.717, 1.165) is 28.4 Å². The maximum Gasteiger partial charge on any atom is 0.416 e. The predicted octanol–water partition coefficient (Wildman–Crippen LogP) is 2.84. The second kappa shape index (κ2) is 7.30. The number of nitrogens with zero attached hydrogens (tertiary/aromatic N) is 4. The Hall–Kier alpha value is -3.01. The zero-order chi connectivity index (χ0) is 21.8. The third-order valence-electron chi connectivity index (χ3n) is 5.84. The number of piperazine rings is 1. The lowest BCUT2D eigenvalue weighted by Gasteiger charge is -2.33. The fraction of sp³-hybridized carbons (Fsp3) is 0.273. The second-order valence-corrected chi connectivity index (χ2v) is 7.73. The molecule has 6 nitrogen and oxygen atoms in total. The second-order valence-electron chi connectivity index (χ2n) is 7.73. The molecule has 5 rings (SSSR count). The van der Waals surface area contributed by atoms with Gasteiger partial charge in [0.05, 0.1) is 17.5 Å². The fourth-order valence-corrected chi connectivity index (χ4v) is 4.17. The van der Waals surface area contributed by atoms with Crippen LogP contribution in [0.15, 0.2) is 60.9 Å². The van der Waals surface area contributed by atoms with Crippen LogP contribution < -0.4 is 10.00 Å². The van der Waals surface area contributed by atoms with Gasteiger partial charge in [-0.2, -0.15) is 13.2 Å². The lowest BCUT2D eigenvalue weighted by molar-refractivity contribution is -0.786. The smallest absolute Gasteiger partial charge is 0.377 e. The summed E-state index contributed by atoms with van der Waals surface area (Å²) in [5.41, 5.74) is 1.44. The van der Waals surface area contributed by atoms with Gasteiger partial charge in [-0.15, -0.1) is 4.68 Å². The third kappa shape index (κ3) is 3.34. The maximum absolute atomic E-state index is 13.1. The lowest BCUT2D eigenvalue weighted by Crippen LogP contribution is -2.64. The molecular weight excluding hydrogens is 407 g/mol. The molecule has 3 heterocycles. The van der Waals surface area contributed by atoms with Crippen molar-refractivity contribution < 1.29 is 23.0 Å². The number of pyridine rings is 1. The molecule has 9 heteroatoms. The largest absolute Gasteiger partial charge is 0.416 e. The minimum atomic E-state index is -4.40. The molecule has 2 unspecified atom stereocenters. The first-order valence-electron chi connectivity index (χ1n) is 9.93. The molecule has 0 spiro atoms. The number of rotatable bonds is 2. The summed E-state index contributed by atoms with van der Waals surface area (Å²) in [7, 11) is 1.83. The summed E-state index contributed by atoms with van der Waals surface area (Å²) in [5.74, 6) is 0. The standard InChI is InChI=1S/C22H21F3N5O/c1-28-19(11-26-12-20(28)31)30-21-17-5-3-2-4-14(17)10-27-18(21)13-29(30)16-8-6-15(7-9-16)22(23,24)25/h2-10,13,19-20,26,31H,11-12H2,1H3/q+1. The van der Waals surface area contributed by atoms with Crippen LogP contribution in [0.1, 0.15) is 11.7 Å². The summed E-state index contributed by atoms with van der Waals surface area (Å²) in [6.07, 6.45) is -1.77. The number of hydrogen-bond donors (Lipinski definition) is 2. The van der Waals surface area contributed by atoms with Crippen molar-refractivity contribution in [3.63, 3.8) is 0 Å².